The van der Waals surface area contributed by atoms with Gasteiger partial charge in [0.1, 0.15) is 0 Å². The van der Waals surface area contributed by atoms with Crippen molar-refractivity contribution in [3.8, 4) is 0 Å². The SMILES string of the molecule is O=C(CCC1Cc2ccccc2NC1=O)NCCCn1cccn1. The number of carbonyl (C=O) groups is 2. The van der Waals surface area contributed by atoms with Crippen LogP contribution in [-0.2, 0) is 22.6 Å². The van der Waals surface area contributed by atoms with Crippen LogP contribution in [0.2, 0.25) is 0 Å². The summed E-state index contributed by atoms with van der Waals surface area (Å²) in [6.07, 6.45) is 6.14. The predicted molar refractivity (Wildman–Crippen MR) is 91.4 cm³/mol. The number of aromatic nitrogens is 2. The molecule has 6 nitrogen and oxygen atoms in total. The average Bonchev–Trinajstić information content (AvgIpc) is 3.10. The van der Waals surface area contributed by atoms with E-state index in [1.165, 1.54) is 0 Å². The fourth-order valence-electron chi connectivity index (χ4n) is 2.94. The van der Waals surface area contributed by atoms with Gasteiger partial charge in [-0.2, -0.15) is 5.10 Å². The fourth-order valence-corrected chi connectivity index (χ4v) is 2.94. The molecule has 1 aliphatic rings. The molecule has 0 spiro atoms. The quantitative estimate of drug-likeness (QED) is 0.764. The highest BCUT2D eigenvalue weighted by Crippen LogP contribution is 2.27. The Labute approximate surface area is 141 Å². The molecule has 24 heavy (non-hydrogen) atoms. The number of fused-ring (bicyclic) bond motifs is 1. The zero-order chi connectivity index (χ0) is 16.8. The van der Waals surface area contributed by atoms with Crippen LogP contribution >= 0.6 is 0 Å². The molecule has 1 unspecified atom stereocenters. The van der Waals surface area contributed by atoms with E-state index in [-0.39, 0.29) is 17.7 Å². The Bertz CT molecular complexity index is 697. The van der Waals surface area contributed by atoms with Crippen molar-refractivity contribution in [1.82, 2.24) is 15.1 Å². The summed E-state index contributed by atoms with van der Waals surface area (Å²) in [6.45, 7) is 1.41. The standard InChI is InChI=1S/C18H22N4O2/c23-17(19-9-3-11-22-12-4-10-20-22)8-7-15-13-14-5-1-2-6-16(14)21-18(15)24/h1-2,4-6,10,12,15H,3,7-9,11,13H2,(H,19,23)(H,21,24). The molecule has 1 aromatic heterocycles. The molecule has 1 atom stereocenters. The number of anilines is 1. The third kappa shape index (κ3) is 4.22. The first-order valence-corrected chi connectivity index (χ1v) is 8.35. The van der Waals surface area contributed by atoms with Gasteiger partial charge in [0, 0.05) is 43.5 Å². The second-order valence-corrected chi connectivity index (χ2v) is 6.06. The second kappa shape index (κ2) is 7.77. The molecule has 126 valence electrons. The van der Waals surface area contributed by atoms with E-state index in [2.05, 4.69) is 15.7 Å². The van der Waals surface area contributed by atoms with Crippen molar-refractivity contribution in [1.29, 1.82) is 0 Å². The summed E-state index contributed by atoms with van der Waals surface area (Å²) in [5.41, 5.74) is 2.03. The topological polar surface area (TPSA) is 76.0 Å². The average molecular weight is 326 g/mol. The lowest BCUT2D eigenvalue weighted by atomic mass is 9.89. The summed E-state index contributed by atoms with van der Waals surface area (Å²) in [7, 11) is 0. The molecule has 2 aromatic rings. The molecule has 2 heterocycles. The molecule has 2 N–H and O–H groups in total. The minimum Gasteiger partial charge on any atom is -0.356 e. The smallest absolute Gasteiger partial charge is 0.227 e. The molecule has 1 aliphatic heterocycles. The molecule has 2 amide bonds. The Morgan fingerprint density at radius 2 is 2.21 bits per heavy atom. The first-order chi connectivity index (χ1) is 11.7. The van der Waals surface area contributed by atoms with Gasteiger partial charge in [-0.3, -0.25) is 14.3 Å². The first-order valence-electron chi connectivity index (χ1n) is 8.35. The van der Waals surface area contributed by atoms with Gasteiger partial charge in [0.2, 0.25) is 11.8 Å². The number of hydrogen-bond donors (Lipinski definition) is 2. The Kier molecular flexibility index (Phi) is 5.25. The minimum atomic E-state index is -0.130. The van der Waals surface area contributed by atoms with Crippen molar-refractivity contribution in [3.63, 3.8) is 0 Å². The van der Waals surface area contributed by atoms with E-state index in [0.717, 1.165) is 24.2 Å². The van der Waals surface area contributed by atoms with Gasteiger partial charge in [-0.05, 0) is 37.0 Å². The highest BCUT2D eigenvalue weighted by molar-refractivity contribution is 5.96. The maximum absolute atomic E-state index is 12.1. The van der Waals surface area contributed by atoms with Crippen molar-refractivity contribution < 1.29 is 9.59 Å². The van der Waals surface area contributed by atoms with Crippen molar-refractivity contribution in [2.24, 2.45) is 5.92 Å². The Hall–Kier alpha value is -2.63. The third-order valence-corrected chi connectivity index (χ3v) is 4.28. The van der Waals surface area contributed by atoms with Gasteiger partial charge in [0.25, 0.3) is 0 Å². The van der Waals surface area contributed by atoms with Crippen molar-refractivity contribution in [3.05, 3.63) is 48.3 Å². The third-order valence-electron chi connectivity index (χ3n) is 4.28. The largest absolute Gasteiger partial charge is 0.356 e. The van der Waals surface area contributed by atoms with Crippen LogP contribution in [0.15, 0.2) is 42.7 Å². The van der Waals surface area contributed by atoms with Crippen LogP contribution in [0.25, 0.3) is 0 Å². The summed E-state index contributed by atoms with van der Waals surface area (Å²) >= 11 is 0. The number of hydrogen-bond acceptors (Lipinski definition) is 3. The van der Waals surface area contributed by atoms with Crippen LogP contribution in [0.5, 0.6) is 0 Å². The number of aryl methyl sites for hydroxylation is 1. The highest BCUT2D eigenvalue weighted by atomic mass is 16.2. The number of nitrogens with zero attached hydrogens (tertiary/aromatic N) is 2. The van der Waals surface area contributed by atoms with Crippen LogP contribution in [0.3, 0.4) is 0 Å². The van der Waals surface area contributed by atoms with Crippen LogP contribution in [0, 0.1) is 5.92 Å². The molecule has 6 heteroatoms. The van der Waals surface area contributed by atoms with E-state index in [1.807, 2.05) is 41.2 Å². The molecule has 0 bridgehead atoms. The van der Waals surface area contributed by atoms with E-state index in [1.54, 1.807) is 6.20 Å². The molecule has 1 aromatic carbocycles. The van der Waals surface area contributed by atoms with Gasteiger partial charge in [0.15, 0.2) is 0 Å². The number of rotatable bonds is 7. The van der Waals surface area contributed by atoms with Crippen LogP contribution in [0.4, 0.5) is 5.69 Å². The monoisotopic (exact) mass is 326 g/mol. The minimum absolute atomic E-state index is 0.00197. The van der Waals surface area contributed by atoms with Gasteiger partial charge in [-0.25, -0.2) is 0 Å². The first kappa shape index (κ1) is 16.2. The molecule has 3 rings (SSSR count). The zero-order valence-electron chi connectivity index (χ0n) is 13.6. The molecular formula is C18H22N4O2. The van der Waals surface area contributed by atoms with E-state index in [9.17, 15) is 9.59 Å². The van der Waals surface area contributed by atoms with Crippen molar-refractivity contribution in [2.45, 2.75) is 32.2 Å². The highest BCUT2D eigenvalue weighted by Gasteiger charge is 2.26. The molecule has 0 aliphatic carbocycles. The van der Waals surface area contributed by atoms with Crippen molar-refractivity contribution >= 4 is 17.5 Å². The number of amides is 2. The summed E-state index contributed by atoms with van der Waals surface area (Å²) in [5.74, 6) is -0.114. The Morgan fingerprint density at radius 1 is 1.33 bits per heavy atom. The number of carbonyl (C=O) groups excluding carboxylic acids is 2. The van der Waals surface area contributed by atoms with E-state index in [4.69, 9.17) is 0 Å². The van der Waals surface area contributed by atoms with E-state index in [0.29, 0.717) is 25.8 Å². The summed E-state index contributed by atoms with van der Waals surface area (Å²) in [5, 5.41) is 9.94. The van der Waals surface area contributed by atoms with Gasteiger partial charge in [0.05, 0.1) is 0 Å². The number of nitrogens with one attached hydrogen (secondary N) is 2. The predicted octanol–water partition coefficient (Wildman–Crippen LogP) is 1.98. The molecule has 0 saturated carbocycles. The molecular weight excluding hydrogens is 304 g/mol. The molecule has 0 fully saturated rings. The number of benzene rings is 1. The normalized spacial score (nSPS) is 16.3. The Morgan fingerprint density at radius 3 is 3.04 bits per heavy atom. The van der Waals surface area contributed by atoms with Crippen molar-refractivity contribution in [2.75, 3.05) is 11.9 Å². The lowest BCUT2D eigenvalue weighted by molar-refractivity contribution is -0.122. The maximum atomic E-state index is 12.1. The van der Waals surface area contributed by atoms with Gasteiger partial charge < -0.3 is 10.6 Å². The lowest BCUT2D eigenvalue weighted by Gasteiger charge is -2.24. The van der Waals surface area contributed by atoms with E-state index < -0.39 is 0 Å². The second-order valence-electron chi connectivity index (χ2n) is 6.06. The maximum Gasteiger partial charge on any atom is 0.227 e. The summed E-state index contributed by atoms with van der Waals surface area (Å²) < 4.78 is 1.84. The van der Waals surface area contributed by atoms with Gasteiger partial charge >= 0.3 is 0 Å². The van der Waals surface area contributed by atoms with Crippen LogP contribution in [-0.4, -0.2) is 28.1 Å². The van der Waals surface area contributed by atoms with Crippen LogP contribution < -0.4 is 10.6 Å². The van der Waals surface area contributed by atoms with E-state index >= 15 is 0 Å². The van der Waals surface area contributed by atoms with Crippen LogP contribution in [0.1, 0.15) is 24.8 Å². The zero-order valence-corrected chi connectivity index (χ0v) is 13.6. The Balaban J connectivity index is 1.37. The number of para-hydroxylation sites is 1. The van der Waals surface area contributed by atoms with Gasteiger partial charge in [-0.15, -0.1) is 0 Å². The molecule has 0 radical (unpaired) electrons. The van der Waals surface area contributed by atoms with Gasteiger partial charge in [-0.1, -0.05) is 18.2 Å². The molecule has 0 saturated heterocycles. The summed E-state index contributed by atoms with van der Waals surface area (Å²) in [4.78, 5) is 24.0. The fraction of sp³-hybridized carbons (Fsp3) is 0.389. The summed E-state index contributed by atoms with van der Waals surface area (Å²) in [6, 6.07) is 9.70. The lowest BCUT2D eigenvalue weighted by Crippen LogP contribution is -2.32.